The molecule has 1 N–H and O–H groups in total. The van der Waals surface area contributed by atoms with Crippen LogP contribution in [-0.4, -0.2) is 23.5 Å². The van der Waals surface area contributed by atoms with Crippen LogP contribution in [0.4, 0.5) is 5.69 Å². The summed E-state index contributed by atoms with van der Waals surface area (Å²) in [6.07, 6.45) is 6.75. The van der Waals surface area contributed by atoms with Gasteiger partial charge in [-0.3, -0.25) is 9.59 Å². The van der Waals surface area contributed by atoms with Crippen molar-refractivity contribution in [2.75, 3.05) is 11.4 Å². The molecular formula is C18H19NO3. The van der Waals surface area contributed by atoms with E-state index < -0.39 is 17.8 Å². The molecule has 3 aliphatic carbocycles. The summed E-state index contributed by atoms with van der Waals surface area (Å²) in [5, 5.41) is 9.61. The molecule has 2 bridgehead atoms. The van der Waals surface area contributed by atoms with Crippen LogP contribution in [0.3, 0.4) is 0 Å². The fourth-order valence-electron chi connectivity index (χ4n) is 4.41. The highest BCUT2D eigenvalue weighted by Gasteiger charge is 2.49. The fourth-order valence-corrected chi connectivity index (χ4v) is 4.41. The number of carboxylic acids is 1. The lowest BCUT2D eigenvalue weighted by Gasteiger charge is -2.43. The van der Waals surface area contributed by atoms with Gasteiger partial charge in [-0.25, -0.2) is 0 Å². The number of aliphatic carboxylic acids is 1. The Labute approximate surface area is 129 Å². The summed E-state index contributed by atoms with van der Waals surface area (Å²) in [5.74, 6) is -1.72. The molecule has 1 fully saturated rings. The van der Waals surface area contributed by atoms with E-state index in [4.69, 9.17) is 0 Å². The SMILES string of the molecule is O=C(O)C1C2C=CC(CC2)C1C(=O)N1CCc2ccccc21. The number of allylic oxidation sites excluding steroid dienone is 2. The highest BCUT2D eigenvalue weighted by atomic mass is 16.4. The third-order valence-electron chi connectivity index (χ3n) is 5.47. The molecule has 0 radical (unpaired) electrons. The predicted octanol–water partition coefficient (Wildman–Crippen LogP) is 2.49. The summed E-state index contributed by atoms with van der Waals surface area (Å²) in [6.45, 7) is 0.669. The van der Waals surface area contributed by atoms with Gasteiger partial charge in [0.1, 0.15) is 0 Å². The molecule has 4 nitrogen and oxygen atoms in total. The van der Waals surface area contributed by atoms with Gasteiger partial charge in [-0.15, -0.1) is 0 Å². The van der Waals surface area contributed by atoms with Crippen molar-refractivity contribution in [3.8, 4) is 0 Å². The second kappa shape index (κ2) is 4.97. The van der Waals surface area contributed by atoms with E-state index in [9.17, 15) is 14.7 Å². The number of amides is 1. The number of hydrogen-bond donors (Lipinski definition) is 1. The van der Waals surface area contributed by atoms with Gasteiger partial charge in [-0.05, 0) is 42.7 Å². The van der Waals surface area contributed by atoms with Gasteiger partial charge in [0.15, 0.2) is 0 Å². The first-order chi connectivity index (χ1) is 10.7. The van der Waals surface area contributed by atoms with E-state index in [1.807, 2.05) is 35.2 Å². The zero-order valence-electron chi connectivity index (χ0n) is 12.3. The van der Waals surface area contributed by atoms with E-state index in [1.54, 1.807) is 0 Å². The van der Waals surface area contributed by atoms with Crippen LogP contribution in [0.5, 0.6) is 0 Å². The first-order valence-electron chi connectivity index (χ1n) is 7.97. The third kappa shape index (κ3) is 1.90. The van der Waals surface area contributed by atoms with Crippen molar-refractivity contribution in [2.45, 2.75) is 19.3 Å². The number of fused-ring (bicyclic) bond motifs is 3. The second-order valence-corrected chi connectivity index (χ2v) is 6.55. The number of rotatable bonds is 2. The van der Waals surface area contributed by atoms with Crippen LogP contribution in [0, 0.1) is 23.7 Å². The van der Waals surface area contributed by atoms with Gasteiger partial charge in [0.2, 0.25) is 5.91 Å². The van der Waals surface area contributed by atoms with Crippen LogP contribution in [0.1, 0.15) is 18.4 Å². The summed E-state index contributed by atoms with van der Waals surface area (Å²) in [6, 6.07) is 7.93. The van der Waals surface area contributed by atoms with E-state index >= 15 is 0 Å². The normalized spacial score (nSPS) is 32.1. The van der Waals surface area contributed by atoms with Gasteiger partial charge in [-0.1, -0.05) is 30.4 Å². The Hall–Kier alpha value is -2.10. The quantitative estimate of drug-likeness (QED) is 0.853. The minimum atomic E-state index is -0.829. The minimum Gasteiger partial charge on any atom is -0.481 e. The van der Waals surface area contributed by atoms with Crippen molar-refractivity contribution >= 4 is 17.6 Å². The van der Waals surface area contributed by atoms with Gasteiger partial charge in [-0.2, -0.15) is 0 Å². The van der Waals surface area contributed by atoms with E-state index in [-0.39, 0.29) is 17.7 Å². The topological polar surface area (TPSA) is 57.6 Å². The molecule has 0 saturated heterocycles. The summed E-state index contributed by atoms with van der Waals surface area (Å²) < 4.78 is 0. The van der Waals surface area contributed by atoms with E-state index in [2.05, 4.69) is 6.08 Å². The maximum Gasteiger partial charge on any atom is 0.307 e. The smallest absolute Gasteiger partial charge is 0.307 e. The van der Waals surface area contributed by atoms with E-state index in [0.717, 1.165) is 24.9 Å². The van der Waals surface area contributed by atoms with Crippen LogP contribution in [-0.2, 0) is 16.0 Å². The van der Waals surface area contributed by atoms with Crippen molar-refractivity contribution in [2.24, 2.45) is 23.7 Å². The predicted molar refractivity (Wildman–Crippen MR) is 82.5 cm³/mol. The number of anilines is 1. The van der Waals surface area contributed by atoms with Gasteiger partial charge >= 0.3 is 5.97 Å². The molecule has 0 spiro atoms. The van der Waals surface area contributed by atoms with E-state index in [0.29, 0.717) is 6.54 Å². The van der Waals surface area contributed by atoms with Crippen molar-refractivity contribution in [1.29, 1.82) is 0 Å². The zero-order chi connectivity index (χ0) is 15.3. The molecule has 114 valence electrons. The Kier molecular flexibility index (Phi) is 3.06. The van der Waals surface area contributed by atoms with Crippen LogP contribution in [0.25, 0.3) is 0 Å². The zero-order valence-corrected chi connectivity index (χ0v) is 12.3. The number of carbonyl (C=O) groups is 2. The number of nitrogens with zero attached hydrogens (tertiary/aromatic N) is 1. The Morgan fingerprint density at radius 3 is 2.41 bits per heavy atom. The molecule has 1 amide bonds. The first-order valence-corrected chi connectivity index (χ1v) is 7.97. The Morgan fingerprint density at radius 2 is 1.73 bits per heavy atom. The molecule has 1 saturated carbocycles. The van der Waals surface area contributed by atoms with Gasteiger partial charge < -0.3 is 10.0 Å². The fraction of sp³-hybridized carbons (Fsp3) is 0.444. The van der Waals surface area contributed by atoms with Gasteiger partial charge in [0.05, 0.1) is 11.8 Å². The maximum absolute atomic E-state index is 13.1. The number of carboxylic acid groups (broad SMARTS) is 1. The highest BCUT2D eigenvalue weighted by Crippen LogP contribution is 2.46. The average molecular weight is 297 g/mol. The van der Waals surface area contributed by atoms with Crippen LogP contribution < -0.4 is 4.90 Å². The Balaban J connectivity index is 1.68. The maximum atomic E-state index is 13.1. The van der Waals surface area contributed by atoms with E-state index in [1.165, 1.54) is 5.56 Å². The number of para-hydroxylation sites is 1. The standard InChI is InChI=1S/C18H19NO3/c20-17(19-10-9-11-3-1-2-4-14(11)19)15-12-5-7-13(8-6-12)16(15)18(21)22/h1-5,7,12-13,15-16H,6,8-10H2,(H,21,22). The summed E-state index contributed by atoms with van der Waals surface area (Å²) >= 11 is 0. The molecular weight excluding hydrogens is 278 g/mol. The van der Waals surface area contributed by atoms with Crippen LogP contribution in [0.2, 0.25) is 0 Å². The Bertz CT molecular complexity index is 666. The number of benzene rings is 1. The largest absolute Gasteiger partial charge is 0.481 e. The molecule has 4 atom stereocenters. The lowest BCUT2D eigenvalue weighted by molar-refractivity contribution is -0.152. The van der Waals surface area contributed by atoms with Crippen molar-refractivity contribution in [1.82, 2.24) is 0 Å². The molecule has 1 aromatic carbocycles. The summed E-state index contributed by atoms with van der Waals surface area (Å²) in [7, 11) is 0. The second-order valence-electron chi connectivity index (χ2n) is 6.55. The van der Waals surface area contributed by atoms with Gasteiger partial charge in [0, 0.05) is 12.2 Å². The lowest BCUT2D eigenvalue weighted by atomic mass is 9.62. The first kappa shape index (κ1) is 13.6. The molecule has 4 aliphatic rings. The summed E-state index contributed by atoms with van der Waals surface area (Å²) in [5.41, 5.74) is 2.14. The van der Waals surface area contributed by atoms with Gasteiger partial charge in [0.25, 0.3) is 0 Å². The lowest BCUT2D eigenvalue weighted by Crippen LogP contribution is -2.50. The Morgan fingerprint density at radius 1 is 1.05 bits per heavy atom. The minimum absolute atomic E-state index is 0.00333. The third-order valence-corrected chi connectivity index (χ3v) is 5.47. The molecule has 1 heterocycles. The van der Waals surface area contributed by atoms with Crippen molar-refractivity contribution in [3.63, 3.8) is 0 Å². The van der Waals surface area contributed by atoms with Crippen molar-refractivity contribution < 1.29 is 14.7 Å². The molecule has 5 rings (SSSR count). The monoisotopic (exact) mass is 297 g/mol. The number of hydrogen-bond acceptors (Lipinski definition) is 2. The van der Waals surface area contributed by atoms with Crippen LogP contribution in [0.15, 0.2) is 36.4 Å². The molecule has 4 heteroatoms. The van der Waals surface area contributed by atoms with Crippen LogP contribution >= 0.6 is 0 Å². The van der Waals surface area contributed by atoms with Crippen molar-refractivity contribution in [3.05, 3.63) is 42.0 Å². The molecule has 0 aromatic heterocycles. The molecule has 22 heavy (non-hydrogen) atoms. The molecule has 4 unspecified atom stereocenters. The average Bonchev–Trinajstić information content (AvgIpc) is 2.98. The highest BCUT2D eigenvalue weighted by molar-refractivity contribution is 5.99. The summed E-state index contributed by atoms with van der Waals surface area (Å²) in [4.78, 5) is 26.6. The molecule has 1 aromatic rings. The molecule has 1 aliphatic heterocycles. The number of carbonyl (C=O) groups excluding carboxylic acids is 1.